The summed E-state index contributed by atoms with van der Waals surface area (Å²) in [6.45, 7) is 12.5. The van der Waals surface area contributed by atoms with E-state index in [1.807, 2.05) is 11.3 Å². The van der Waals surface area contributed by atoms with Gasteiger partial charge in [0.1, 0.15) is 0 Å². The Morgan fingerprint density at radius 2 is 2.16 bits per heavy atom. The fraction of sp³-hybridized carbons (Fsp3) is 0.750. The van der Waals surface area contributed by atoms with Crippen LogP contribution in [0.2, 0.25) is 0 Å². The molecule has 1 unspecified atom stereocenters. The average molecular weight is 280 g/mol. The highest BCUT2D eigenvalue weighted by atomic mass is 32.1. The minimum absolute atomic E-state index is 0.678. The van der Waals surface area contributed by atoms with Crippen molar-refractivity contribution in [1.29, 1.82) is 0 Å². The molecule has 1 saturated carbocycles. The topological polar surface area (TPSA) is 15.3 Å². The van der Waals surface area contributed by atoms with Gasteiger partial charge in [0, 0.05) is 34.9 Å². The lowest BCUT2D eigenvalue weighted by molar-refractivity contribution is 0.206. The average Bonchev–Trinajstić information content (AvgIpc) is 3.17. The maximum absolute atomic E-state index is 3.61. The van der Waals surface area contributed by atoms with E-state index in [-0.39, 0.29) is 0 Å². The second kappa shape index (κ2) is 6.87. The molecule has 0 spiro atoms. The molecule has 1 atom stereocenters. The molecule has 108 valence electrons. The van der Waals surface area contributed by atoms with Gasteiger partial charge in [-0.05, 0) is 51.3 Å². The number of nitrogens with zero attached hydrogens (tertiary/aromatic N) is 1. The fourth-order valence-corrected chi connectivity index (χ4v) is 3.42. The number of rotatable bonds is 8. The van der Waals surface area contributed by atoms with Gasteiger partial charge in [-0.2, -0.15) is 0 Å². The van der Waals surface area contributed by atoms with Crippen molar-refractivity contribution in [2.75, 3.05) is 6.54 Å². The molecule has 1 heterocycles. The van der Waals surface area contributed by atoms with E-state index in [0.29, 0.717) is 6.04 Å². The zero-order valence-electron chi connectivity index (χ0n) is 12.8. The van der Waals surface area contributed by atoms with E-state index in [1.54, 1.807) is 0 Å². The first-order valence-electron chi connectivity index (χ1n) is 7.69. The van der Waals surface area contributed by atoms with Gasteiger partial charge in [0.25, 0.3) is 0 Å². The third-order valence-electron chi connectivity index (χ3n) is 4.21. The number of hydrogen-bond donors (Lipinski definition) is 1. The van der Waals surface area contributed by atoms with Crippen LogP contribution in [0.4, 0.5) is 0 Å². The molecule has 0 aliphatic heterocycles. The molecule has 1 N–H and O–H groups in total. The Morgan fingerprint density at radius 3 is 2.74 bits per heavy atom. The van der Waals surface area contributed by atoms with E-state index in [9.17, 15) is 0 Å². The van der Waals surface area contributed by atoms with Crippen LogP contribution < -0.4 is 5.32 Å². The normalized spacial score (nSPS) is 17.1. The van der Waals surface area contributed by atoms with Gasteiger partial charge in [0.2, 0.25) is 0 Å². The first-order valence-corrected chi connectivity index (χ1v) is 8.51. The van der Waals surface area contributed by atoms with Crippen LogP contribution in [-0.4, -0.2) is 23.5 Å². The highest BCUT2D eigenvalue weighted by Gasteiger charge is 2.20. The Bertz CT molecular complexity index is 395. The first kappa shape index (κ1) is 15.0. The number of thiophene rings is 1. The standard InChI is InChI=1S/C16H28N2S/c1-5-12(3)18(6-2)11-14-9-16(19-13(14)4)10-17-15-7-8-15/h9,12,15,17H,5-8,10-11H2,1-4H3. The summed E-state index contributed by atoms with van der Waals surface area (Å²) in [7, 11) is 0. The monoisotopic (exact) mass is 280 g/mol. The van der Waals surface area contributed by atoms with Crippen molar-refractivity contribution in [3.8, 4) is 0 Å². The quantitative estimate of drug-likeness (QED) is 0.776. The van der Waals surface area contributed by atoms with E-state index in [2.05, 4.69) is 44.0 Å². The van der Waals surface area contributed by atoms with Gasteiger partial charge in [-0.1, -0.05) is 13.8 Å². The zero-order valence-corrected chi connectivity index (χ0v) is 13.6. The third-order valence-corrected chi connectivity index (χ3v) is 5.30. The molecule has 19 heavy (non-hydrogen) atoms. The molecule has 1 aromatic rings. The van der Waals surface area contributed by atoms with Gasteiger partial charge in [-0.3, -0.25) is 4.90 Å². The second-order valence-corrected chi connectivity index (χ2v) is 7.11. The smallest absolute Gasteiger partial charge is 0.0302 e. The van der Waals surface area contributed by atoms with Crippen LogP contribution in [0.25, 0.3) is 0 Å². The zero-order chi connectivity index (χ0) is 13.8. The molecule has 0 amide bonds. The fourth-order valence-electron chi connectivity index (χ4n) is 2.42. The number of aryl methyl sites for hydroxylation is 1. The molecule has 0 saturated heterocycles. The van der Waals surface area contributed by atoms with Crippen molar-refractivity contribution in [1.82, 2.24) is 10.2 Å². The molecule has 1 fully saturated rings. The van der Waals surface area contributed by atoms with Gasteiger partial charge >= 0.3 is 0 Å². The Hall–Kier alpha value is -0.380. The largest absolute Gasteiger partial charge is 0.309 e. The molecular weight excluding hydrogens is 252 g/mol. The molecule has 0 radical (unpaired) electrons. The number of nitrogens with one attached hydrogen (secondary N) is 1. The van der Waals surface area contributed by atoms with E-state index in [4.69, 9.17) is 0 Å². The maximum atomic E-state index is 3.61. The van der Waals surface area contributed by atoms with E-state index in [1.165, 1.54) is 34.6 Å². The van der Waals surface area contributed by atoms with Gasteiger partial charge in [-0.25, -0.2) is 0 Å². The van der Waals surface area contributed by atoms with Gasteiger partial charge in [-0.15, -0.1) is 11.3 Å². The molecule has 0 aromatic carbocycles. The lowest BCUT2D eigenvalue weighted by atomic mass is 10.1. The SMILES string of the molecule is CCC(C)N(CC)Cc1cc(CNC2CC2)sc1C. The molecule has 0 bridgehead atoms. The molecule has 2 nitrogen and oxygen atoms in total. The summed E-state index contributed by atoms with van der Waals surface area (Å²) in [5, 5.41) is 3.61. The highest BCUT2D eigenvalue weighted by Crippen LogP contribution is 2.25. The summed E-state index contributed by atoms with van der Waals surface area (Å²) in [5.41, 5.74) is 1.53. The summed E-state index contributed by atoms with van der Waals surface area (Å²) in [6, 6.07) is 3.90. The first-order chi connectivity index (χ1) is 9.13. The third kappa shape index (κ3) is 4.30. The van der Waals surface area contributed by atoms with Gasteiger partial charge < -0.3 is 5.32 Å². The highest BCUT2D eigenvalue weighted by molar-refractivity contribution is 7.12. The van der Waals surface area contributed by atoms with Crippen LogP contribution in [0.5, 0.6) is 0 Å². The van der Waals surface area contributed by atoms with Crippen LogP contribution in [-0.2, 0) is 13.1 Å². The molecule has 2 rings (SSSR count). The molecular formula is C16H28N2S. The van der Waals surface area contributed by atoms with Crippen molar-refractivity contribution in [3.63, 3.8) is 0 Å². The molecule has 1 aromatic heterocycles. The van der Waals surface area contributed by atoms with Crippen molar-refractivity contribution < 1.29 is 0 Å². The van der Waals surface area contributed by atoms with Crippen LogP contribution in [0.15, 0.2) is 6.07 Å². The molecule has 1 aliphatic rings. The Kier molecular flexibility index (Phi) is 5.43. The second-order valence-electron chi connectivity index (χ2n) is 5.77. The van der Waals surface area contributed by atoms with Gasteiger partial charge in [0.15, 0.2) is 0 Å². The Morgan fingerprint density at radius 1 is 1.42 bits per heavy atom. The lowest BCUT2D eigenvalue weighted by Gasteiger charge is -2.26. The molecule has 1 aliphatic carbocycles. The van der Waals surface area contributed by atoms with Gasteiger partial charge in [0.05, 0.1) is 0 Å². The van der Waals surface area contributed by atoms with Crippen molar-refractivity contribution in [2.45, 2.75) is 72.1 Å². The molecule has 3 heteroatoms. The predicted octanol–water partition coefficient (Wildman–Crippen LogP) is 3.93. The van der Waals surface area contributed by atoms with Crippen molar-refractivity contribution in [2.24, 2.45) is 0 Å². The Labute approximate surface area is 122 Å². The maximum Gasteiger partial charge on any atom is 0.0302 e. The van der Waals surface area contributed by atoms with E-state index in [0.717, 1.165) is 25.7 Å². The van der Waals surface area contributed by atoms with Crippen LogP contribution in [0.3, 0.4) is 0 Å². The van der Waals surface area contributed by atoms with Crippen molar-refractivity contribution in [3.05, 3.63) is 21.4 Å². The van der Waals surface area contributed by atoms with Crippen LogP contribution >= 0.6 is 11.3 Å². The summed E-state index contributed by atoms with van der Waals surface area (Å²) < 4.78 is 0. The minimum Gasteiger partial charge on any atom is -0.309 e. The minimum atomic E-state index is 0.678. The number of hydrogen-bond acceptors (Lipinski definition) is 3. The summed E-state index contributed by atoms with van der Waals surface area (Å²) in [6.07, 6.45) is 3.97. The summed E-state index contributed by atoms with van der Waals surface area (Å²) in [5.74, 6) is 0. The van der Waals surface area contributed by atoms with E-state index < -0.39 is 0 Å². The lowest BCUT2D eigenvalue weighted by Crippen LogP contribution is -2.31. The van der Waals surface area contributed by atoms with E-state index >= 15 is 0 Å². The summed E-state index contributed by atoms with van der Waals surface area (Å²) >= 11 is 1.97. The Balaban J connectivity index is 1.94. The summed E-state index contributed by atoms with van der Waals surface area (Å²) in [4.78, 5) is 5.57. The van der Waals surface area contributed by atoms with Crippen molar-refractivity contribution >= 4 is 11.3 Å². The predicted molar refractivity (Wildman–Crippen MR) is 84.8 cm³/mol. The van der Waals surface area contributed by atoms with Crippen LogP contribution in [0, 0.1) is 6.92 Å². The van der Waals surface area contributed by atoms with Crippen LogP contribution in [0.1, 0.15) is 55.4 Å².